The fourth-order valence-electron chi connectivity index (χ4n) is 3.58. The third kappa shape index (κ3) is 6.03. The maximum atomic E-state index is 6.07. The van der Waals surface area contributed by atoms with Gasteiger partial charge in [0.15, 0.2) is 0 Å². The molecule has 1 saturated heterocycles. The average molecular weight is 402 g/mol. The molecule has 3 aromatic carbocycles. The summed E-state index contributed by atoms with van der Waals surface area (Å²) in [5.74, 6) is 0. The number of benzene rings is 3. The summed E-state index contributed by atoms with van der Waals surface area (Å²) in [7, 11) is -0.761. The maximum absolute atomic E-state index is 6.07. The first-order chi connectivity index (χ1) is 14.9. The van der Waals surface area contributed by atoms with E-state index in [9.17, 15) is 0 Å². The lowest BCUT2D eigenvalue weighted by atomic mass is 10.0. The van der Waals surface area contributed by atoms with Crippen molar-refractivity contribution in [2.45, 2.75) is 38.8 Å². The van der Waals surface area contributed by atoms with Gasteiger partial charge in [0, 0.05) is 6.61 Å². The Morgan fingerprint density at radius 3 is 1.87 bits per heavy atom. The highest BCUT2D eigenvalue weighted by Gasteiger charge is 2.25. The van der Waals surface area contributed by atoms with Crippen LogP contribution in [0, 0.1) is 0 Å². The van der Waals surface area contributed by atoms with Crippen LogP contribution in [-0.4, -0.2) is 13.9 Å². The van der Waals surface area contributed by atoms with Crippen molar-refractivity contribution < 1.29 is 18.7 Å². The minimum Gasteiger partial charge on any atom is -0.382 e. The lowest BCUT2D eigenvalue weighted by molar-refractivity contribution is 0.0742. The minimum atomic E-state index is -0.761. The average Bonchev–Trinajstić information content (AvgIpc) is 3.35. The van der Waals surface area contributed by atoms with Crippen LogP contribution in [0.25, 0.3) is 0 Å². The van der Waals surface area contributed by atoms with Gasteiger partial charge in [-0.3, -0.25) is 0 Å². The molecule has 0 radical (unpaired) electrons. The van der Waals surface area contributed by atoms with E-state index in [2.05, 4.69) is 18.2 Å². The van der Waals surface area contributed by atoms with Gasteiger partial charge in [0.2, 0.25) is 0 Å². The molecule has 1 aliphatic rings. The smallest absolute Gasteiger partial charge is 0.382 e. The van der Waals surface area contributed by atoms with Crippen molar-refractivity contribution in [2.24, 2.45) is 0 Å². The quantitative estimate of drug-likeness (QED) is 0.421. The van der Waals surface area contributed by atoms with Gasteiger partial charge in [0.1, 0.15) is 0 Å². The molecule has 0 amide bonds. The van der Waals surface area contributed by atoms with E-state index in [1.807, 2.05) is 66.7 Å². The van der Waals surface area contributed by atoms with Crippen molar-refractivity contribution >= 4 is 7.32 Å². The molecular formula is C25H27BO4. The van der Waals surface area contributed by atoms with E-state index in [-0.39, 0.29) is 6.10 Å². The standard InChI is InChI=1S/C25H27BO4/c1-3-10-21(11-4-1)18-28-26(29-19-22-12-5-2-6-13-22)30-20-23-14-7-8-15-24(23)25-16-9-17-27-25/h1-8,10-15,25H,9,16-20H2. The fourth-order valence-corrected chi connectivity index (χ4v) is 3.58. The molecule has 0 spiro atoms. The van der Waals surface area contributed by atoms with E-state index in [4.69, 9.17) is 18.7 Å². The second-order valence-electron chi connectivity index (χ2n) is 7.39. The minimum absolute atomic E-state index is 0.152. The van der Waals surface area contributed by atoms with Gasteiger partial charge >= 0.3 is 7.32 Å². The van der Waals surface area contributed by atoms with E-state index in [1.165, 1.54) is 5.56 Å². The summed E-state index contributed by atoms with van der Waals surface area (Å²) in [5, 5.41) is 0. The lowest BCUT2D eigenvalue weighted by Crippen LogP contribution is -2.27. The Kier molecular flexibility index (Phi) is 7.70. The number of rotatable bonds is 10. The molecule has 1 aliphatic heterocycles. The van der Waals surface area contributed by atoms with Gasteiger partial charge in [-0.15, -0.1) is 0 Å². The van der Waals surface area contributed by atoms with Crippen LogP contribution in [0.4, 0.5) is 0 Å². The summed E-state index contributed by atoms with van der Waals surface area (Å²) in [4.78, 5) is 0. The Morgan fingerprint density at radius 1 is 0.700 bits per heavy atom. The Hall–Kier alpha value is -2.44. The molecule has 5 heteroatoms. The monoisotopic (exact) mass is 402 g/mol. The molecular weight excluding hydrogens is 375 g/mol. The van der Waals surface area contributed by atoms with Gasteiger partial charge in [-0.05, 0) is 35.1 Å². The van der Waals surface area contributed by atoms with Gasteiger partial charge in [0.05, 0.1) is 25.9 Å². The predicted molar refractivity (Wildman–Crippen MR) is 117 cm³/mol. The first-order valence-electron chi connectivity index (χ1n) is 10.5. The highest BCUT2D eigenvalue weighted by atomic mass is 16.7. The van der Waals surface area contributed by atoms with Crippen LogP contribution in [0.1, 0.15) is 41.2 Å². The van der Waals surface area contributed by atoms with Crippen LogP contribution < -0.4 is 0 Å². The molecule has 0 saturated carbocycles. The molecule has 0 aliphatic carbocycles. The summed E-state index contributed by atoms with van der Waals surface area (Å²) < 4.78 is 23.9. The molecule has 30 heavy (non-hydrogen) atoms. The zero-order valence-electron chi connectivity index (χ0n) is 17.1. The third-order valence-electron chi connectivity index (χ3n) is 5.16. The van der Waals surface area contributed by atoms with Crippen molar-refractivity contribution in [2.75, 3.05) is 6.61 Å². The summed E-state index contributed by atoms with van der Waals surface area (Å²) in [5.41, 5.74) is 4.46. The molecule has 1 unspecified atom stereocenters. The normalized spacial score (nSPS) is 15.9. The number of hydrogen-bond donors (Lipinski definition) is 0. The second-order valence-corrected chi connectivity index (χ2v) is 7.39. The zero-order valence-corrected chi connectivity index (χ0v) is 17.1. The van der Waals surface area contributed by atoms with Crippen molar-refractivity contribution in [1.29, 1.82) is 0 Å². The van der Waals surface area contributed by atoms with Gasteiger partial charge in [-0.25, -0.2) is 0 Å². The van der Waals surface area contributed by atoms with E-state index in [0.717, 1.165) is 36.1 Å². The van der Waals surface area contributed by atoms with Crippen LogP contribution in [-0.2, 0) is 38.5 Å². The van der Waals surface area contributed by atoms with Crippen molar-refractivity contribution in [3.05, 3.63) is 107 Å². The Morgan fingerprint density at radius 2 is 1.27 bits per heavy atom. The molecule has 0 bridgehead atoms. The zero-order chi connectivity index (χ0) is 20.4. The number of hydrogen-bond acceptors (Lipinski definition) is 4. The molecule has 154 valence electrons. The Balaban J connectivity index is 1.40. The maximum Gasteiger partial charge on any atom is 0.640 e. The molecule has 4 rings (SSSR count). The lowest BCUT2D eigenvalue weighted by Gasteiger charge is -2.18. The molecule has 4 nitrogen and oxygen atoms in total. The third-order valence-corrected chi connectivity index (χ3v) is 5.16. The summed E-state index contributed by atoms with van der Waals surface area (Å²) in [6.45, 7) is 2.08. The second kappa shape index (κ2) is 11.1. The first kappa shape index (κ1) is 20.8. The predicted octanol–water partition coefficient (Wildman–Crippen LogP) is 5.47. The van der Waals surface area contributed by atoms with E-state index < -0.39 is 7.32 Å². The highest BCUT2D eigenvalue weighted by Crippen LogP contribution is 2.31. The van der Waals surface area contributed by atoms with E-state index in [0.29, 0.717) is 19.8 Å². The molecule has 1 atom stereocenters. The summed E-state index contributed by atoms with van der Waals surface area (Å²) in [6.07, 6.45) is 2.30. The van der Waals surface area contributed by atoms with Crippen LogP contribution in [0.3, 0.4) is 0 Å². The van der Waals surface area contributed by atoms with Crippen molar-refractivity contribution in [3.8, 4) is 0 Å². The molecule has 1 heterocycles. The number of ether oxygens (including phenoxy) is 1. The summed E-state index contributed by atoms with van der Waals surface area (Å²) >= 11 is 0. The van der Waals surface area contributed by atoms with Gasteiger partial charge < -0.3 is 18.7 Å². The van der Waals surface area contributed by atoms with Crippen molar-refractivity contribution in [3.63, 3.8) is 0 Å². The summed E-state index contributed by atoms with van der Waals surface area (Å²) in [6, 6.07) is 28.4. The highest BCUT2D eigenvalue weighted by molar-refractivity contribution is 6.36. The Labute approximate surface area is 178 Å². The molecule has 3 aromatic rings. The van der Waals surface area contributed by atoms with Crippen LogP contribution >= 0.6 is 0 Å². The van der Waals surface area contributed by atoms with Crippen LogP contribution in [0.2, 0.25) is 0 Å². The molecule has 0 N–H and O–H groups in total. The van der Waals surface area contributed by atoms with Gasteiger partial charge in [0.25, 0.3) is 0 Å². The SMILES string of the molecule is c1ccc(COB(OCc2ccccc2)OCc2ccccc2C2CCCO2)cc1. The largest absolute Gasteiger partial charge is 0.640 e. The Bertz CT molecular complexity index is 838. The molecule has 1 fully saturated rings. The topological polar surface area (TPSA) is 36.9 Å². The van der Waals surface area contributed by atoms with Gasteiger partial charge in [-0.2, -0.15) is 0 Å². The molecule has 0 aromatic heterocycles. The first-order valence-corrected chi connectivity index (χ1v) is 10.5. The van der Waals surface area contributed by atoms with Crippen LogP contribution in [0.15, 0.2) is 84.9 Å². The van der Waals surface area contributed by atoms with E-state index in [1.54, 1.807) is 0 Å². The van der Waals surface area contributed by atoms with Gasteiger partial charge in [-0.1, -0.05) is 84.9 Å². The van der Waals surface area contributed by atoms with E-state index >= 15 is 0 Å². The fraction of sp³-hybridized carbons (Fsp3) is 0.280. The van der Waals surface area contributed by atoms with Crippen molar-refractivity contribution in [1.82, 2.24) is 0 Å². The van der Waals surface area contributed by atoms with Crippen LogP contribution in [0.5, 0.6) is 0 Å².